The molecule has 0 atom stereocenters. The van der Waals surface area contributed by atoms with E-state index in [1.807, 2.05) is 81.4 Å². The van der Waals surface area contributed by atoms with Gasteiger partial charge in [-0.25, -0.2) is 0 Å². The van der Waals surface area contributed by atoms with Crippen LogP contribution in [-0.4, -0.2) is 5.91 Å². The Bertz CT molecular complexity index is 832. The molecule has 0 aliphatic heterocycles. The van der Waals surface area contributed by atoms with Crippen LogP contribution in [0.5, 0.6) is 0 Å². The molecule has 1 amide bonds. The molecule has 0 aliphatic carbocycles. The van der Waals surface area contributed by atoms with E-state index in [1.165, 1.54) is 0 Å². The van der Waals surface area contributed by atoms with Crippen molar-refractivity contribution in [1.29, 1.82) is 0 Å². The van der Waals surface area contributed by atoms with E-state index in [0.717, 1.165) is 29.2 Å². The highest BCUT2D eigenvalue weighted by molar-refractivity contribution is 5.95. The Morgan fingerprint density at radius 3 is 1.59 bits per heavy atom. The lowest BCUT2D eigenvalue weighted by Crippen LogP contribution is -2.29. The number of carbonyl (C=O) groups excluding carboxylic acids is 1. The molecule has 3 heteroatoms. The molecule has 0 aromatic heterocycles. The van der Waals surface area contributed by atoms with Gasteiger partial charge in [-0.2, -0.15) is 0 Å². The molecule has 3 aromatic carbocycles. The third kappa shape index (κ3) is 5.71. The Morgan fingerprint density at radius 2 is 1.17 bits per heavy atom. The second-order valence-corrected chi connectivity index (χ2v) is 7.24. The average Bonchev–Trinajstić information content (AvgIpc) is 2.71. The molecule has 1 N–H and O–H groups in total. The van der Waals surface area contributed by atoms with Crippen LogP contribution in [0.4, 0.5) is 22.7 Å². The highest BCUT2D eigenvalue weighted by Crippen LogP contribution is 2.34. The summed E-state index contributed by atoms with van der Waals surface area (Å²) < 4.78 is 0. The number of hydrogen-bond donors (Lipinski definition) is 1. The fraction of sp³-hybridized carbons (Fsp3) is 0.269. The van der Waals surface area contributed by atoms with Gasteiger partial charge in [0.05, 0.1) is 0 Å². The minimum Gasteiger partial charge on any atom is -0.326 e. The Hall–Kier alpha value is -3.07. The fourth-order valence-corrected chi connectivity index (χ4v) is 2.76. The van der Waals surface area contributed by atoms with E-state index in [4.69, 9.17) is 0 Å². The lowest BCUT2D eigenvalue weighted by atomic mass is 9.89. The zero-order valence-corrected chi connectivity index (χ0v) is 16.1. The molecule has 0 fully saturated rings. The molecular formula is C26H34N2O. The largest absolute Gasteiger partial charge is 0.326 e. The van der Waals surface area contributed by atoms with Gasteiger partial charge in [0.15, 0.2) is 0 Å². The molecule has 0 saturated carbocycles. The van der Waals surface area contributed by atoms with Gasteiger partial charge in [0, 0.05) is 28.2 Å². The molecule has 0 unspecified atom stereocenters. The predicted octanol–water partition coefficient (Wildman–Crippen LogP) is 7.80. The van der Waals surface area contributed by atoms with Gasteiger partial charge < -0.3 is 10.2 Å². The summed E-state index contributed by atoms with van der Waals surface area (Å²) in [5.74, 6) is 0.0423. The van der Waals surface area contributed by atoms with Crippen LogP contribution in [0.3, 0.4) is 0 Å². The van der Waals surface area contributed by atoms with Crippen molar-refractivity contribution in [3.05, 3.63) is 84.9 Å². The molecule has 154 valence electrons. The van der Waals surface area contributed by atoms with Crippen molar-refractivity contribution in [3.8, 4) is 0 Å². The number of anilines is 4. The van der Waals surface area contributed by atoms with Crippen LogP contribution in [0, 0.1) is 5.41 Å². The van der Waals surface area contributed by atoms with Crippen molar-refractivity contribution in [2.24, 2.45) is 5.41 Å². The van der Waals surface area contributed by atoms with Crippen molar-refractivity contribution in [2.75, 3.05) is 10.2 Å². The van der Waals surface area contributed by atoms with Crippen molar-refractivity contribution in [3.63, 3.8) is 0 Å². The van der Waals surface area contributed by atoms with E-state index >= 15 is 0 Å². The van der Waals surface area contributed by atoms with Gasteiger partial charge >= 0.3 is 0 Å². The summed E-state index contributed by atoms with van der Waals surface area (Å²) >= 11 is 0. The highest BCUT2D eigenvalue weighted by Gasteiger charge is 2.25. The number of para-hydroxylation sites is 2. The van der Waals surface area contributed by atoms with E-state index < -0.39 is 0 Å². The number of rotatable bonds is 6. The normalized spacial score (nSPS) is 10.3. The SMILES string of the molecule is C.C.CCC(C)(C)C(=O)Nc1ccc(N(c2ccccc2)c2ccccc2)cc1. The molecule has 29 heavy (non-hydrogen) atoms. The minimum absolute atomic E-state index is 0. The first kappa shape index (κ1) is 24.0. The monoisotopic (exact) mass is 390 g/mol. The van der Waals surface area contributed by atoms with Crippen LogP contribution >= 0.6 is 0 Å². The Kier molecular flexibility index (Phi) is 8.65. The van der Waals surface area contributed by atoms with Crippen LogP contribution in [0.25, 0.3) is 0 Å². The van der Waals surface area contributed by atoms with E-state index in [-0.39, 0.29) is 26.2 Å². The molecule has 0 saturated heterocycles. The van der Waals surface area contributed by atoms with Crippen LogP contribution in [0.2, 0.25) is 0 Å². The van der Waals surface area contributed by atoms with Crippen LogP contribution < -0.4 is 10.2 Å². The fourth-order valence-electron chi connectivity index (χ4n) is 2.76. The van der Waals surface area contributed by atoms with Crippen molar-refractivity contribution in [2.45, 2.75) is 42.0 Å². The standard InChI is InChI=1S/C24H26N2O.2CH4/c1-4-24(2,3)23(27)25-19-15-17-22(18-16-19)26(20-11-7-5-8-12-20)21-13-9-6-10-14-21;;/h5-18H,4H2,1-3H3,(H,25,27);2*1H4. The smallest absolute Gasteiger partial charge is 0.230 e. The van der Waals surface area contributed by atoms with Gasteiger partial charge in [-0.3, -0.25) is 4.79 Å². The topological polar surface area (TPSA) is 32.3 Å². The molecule has 0 spiro atoms. The molecule has 0 radical (unpaired) electrons. The summed E-state index contributed by atoms with van der Waals surface area (Å²) in [5.41, 5.74) is 3.66. The molecule has 3 rings (SSSR count). The average molecular weight is 391 g/mol. The third-order valence-corrected chi connectivity index (χ3v) is 4.91. The van der Waals surface area contributed by atoms with Gasteiger partial charge in [0.1, 0.15) is 0 Å². The molecule has 0 bridgehead atoms. The Labute approximate surface area is 176 Å². The first-order chi connectivity index (χ1) is 13.0. The predicted molar refractivity (Wildman–Crippen MR) is 127 cm³/mol. The van der Waals surface area contributed by atoms with Gasteiger partial charge in [0.25, 0.3) is 0 Å². The maximum Gasteiger partial charge on any atom is 0.230 e. The number of nitrogens with zero attached hydrogens (tertiary/aromatic N) is 1. The first-order valence-electron chi connectivity index (χ1n) is 9.33. The highest BCUT2D eigenvalue weighted by atomic mass is 16.2. The number of benzene rings is 3. The molecular weight excluding hydrogens is 356 g/mol. The van der Waals surface area contributed by atoms with Crippen molar-refractivity contribution in [1.82, 2.24) is 0 Å². The zero-order chi connectivity index (χ0) is 19.3. The Morgan fingerprint density at radius 1 is 0.759 bits per heavy atom. The number of nitrogens with one attached hydrogen (secondary N) is 1. The van der Waals surface area contributed by atoms with Crippen molar-refractivity contribution >= 4 is 28.7 Å². The van der Waals surface area contributed by atoms with Gasteiger partial charge in [-0.15, -0.1) is 0 Å². The Balaban J connectivity index is 0.00000210. The summed E-state index contributed by atoms with van der Waals surface area (Å²) in [6.07, 6.45) is 0.798. The maximum absolute atomic E-state index is 12.4. The van der Waals surface area contributed by atoms with Crippen LogP contribution in [0.15, 0.2) is 84.9 Å². The van der Waals surface area contributed by atoms with Gasteiger partial charge in [-0.05, 0) is 55.0 Å². The summed E-state index contributed by atoms with van der Waals surface area (Å²) in [7, 11) is 0. The lowest BCUT2D eigenvalue weighted by molar-refractivity contribution is -0.124. The number of carbonyl (C=O) groups is 1. The summed E-state index contributed by atoms with van der Waals surface area (Å²) in [6, 6.07) is 28.5. The van der Waals surface area contributed by atoms with Crippen LogP contribution in [-0.2, 0) is 4.79 Å². The second kappa shape index (κ2) is 10.5. The number of amides is 1. The van der Waals surface area contributed by atoms with E-state index in [9.17, 15) is 4.79 Å². The summed E-state index contributed by atoms with van der Waals surface area (Å²) in [5, 5.41) is 3.02. The minimum atomic E-state index is -0.376. The maximum atomic E-state index is 12.4. The first-order valence-corrected chi connectivity index (χ1v) is 9.33. The summed E-state index contributed by atoms with van der Waals surface area (Å²) in [4.78, 5) is 14.6. The molecule has 3 aromatic rings. The van der Waals surface area contributed by atoms with E-state index in [1.54, 1.807) is 0 Å². The van der Waals surface area contributed by atoms with Gasteiger partial charge in [0.2, 0.25) is 5.91 Å². The van der Waals surface area contributed by atoms with Crippen molar-refractivity contribution < 1.29 is 4.79 Å². The molecule has 0 aliphatic rings. The van der Waals surface area contributed by atoms with E-state index in [2.05, 4.69) is 34.5 Å². The van der Waals surface area contributed by atoms with E-state index in [0.29, 0.717) is 0 Å². The quantitative estimate of drug-likeness (QED) is 0.465. The van der Waals surface area contributed by atoms with Gasteiger partial charge in [-0.1, -0.05) is 72.0 Å². The number of hydrogen-bond acceptors (Lipinski definition) is 2. The molecule has 0 heterocycles. The zero-order valence-electron chi connectivity index (χ0n) is 16.1. The molecule has 3 nitrogen and oxygen atoms in total. The second-order valence-electron chi connectivity index (χ2n) is 7.24. The summed E-state index contributed by atoms with van der Waals surface area (Å²) in [6.45, 7) is 5.95. The van der Waals surface area contributed by atoms with Crippen LogP contribution in [0.1, 0.15) is 42.0 Å². The third-order valence-electron chi connectivity index (χ3n) is 4.91. The lowest BCUT2D eigenvalue weighted by Gasteiger charge is -2.26.